The second kappa shape index (κ2) is 8.20. The fourth-order valence-corrected chi connectivity index (χ4v) is 2.61. The Morgan fingerprint density at radius 2 is 1.88 bits per heavy atom. The highest BCUT2D eigenvalue weighted by Crippen LogP contribution is 2.26. The summed E-state index contributed by atoms with van der Waals surface area (Å²) in [4.78, 5) is 11.4. The highest BCUT2D eigenvalue weighted by molar-refractivity contribution is 5.81. The average molecular weight is 336 g/mol. The SMILES string of the molecule is CCOC(=O)/C=C/O[C@H](Cc1cc2ccccc2o1)c1ccccc1. The molecule has 0 bridgehead atoms. The number of rotatable bonds is 7. The molecule has 0 aliphatic heterocycles. The molecule has 3 aromatic rings. The summed E-state index contributed by atoms with van der Waals surface area (Å²) in [5.74, 6) is 0.414. The van der Waals surface area contributed by atoms with Gasteiger partial charge in [0.05, 0.1) is 18.9 Å². The molecule has 0 saturated heterocycles. The quantitative estimate of drug-likeness (QED) is 0.353. The van der Waals surface area contributed by atoms with E-state index >= 15 is 0 Å². The Hall–Kier alpha value is -3.01. The molecule has 0 amide bonds. The molecule has 128 valence electrons. The Morgan fingerprint density at radius 3 is 2.64 bits per heavy atom. The molecule has 0 spiro atoms. The summed E-state index contributed by atoms with van der Waals surface area (Å²) >= 11 is 0. The molecule has 0 unspecified atom stereocenters. The molecule has 1 atom stereocenters. The van der Waals surface area contributed by atoms with Gasteiger partial charge in [-0.1, -0.05) is 48.5 Å². The summed E-state index contributed by atoms with van der Waals surface area (Å²) in [5, 5.41) is 1.06. The van der Waals surface area contributed by atoms with Gasteiger partial charge < -0.3 is 13.9 Å². The van der Waals surface area contributed by atoms with Crippen molar-refractivity contribution in [3.05, 3.63) is 84.3 Å². The van der Waals surface area contributed by atoms with E-state index in [4.69, 9.17) is 13.9 Å². The number of carbonyl (C=O) groups is 1. The van der Waals surface area contributed by atoms with Gasteiger partial charge >= 0.3 is 5.97 Å². The maximum absolute atomic E-state index is 11.4. The smallest absolute Gasteiger partial charge is 0.333 e. The monoisotopic (exact) mass is 336 g/mol. The van der Waals surface area contributed by atoms with Crippen molar-refractivity contribution in [3.63, 3.8) is 0 Å². The van der Waals surface area contributed by atoms with Crippen LogP contribution in [0.1, 0.15) is 24.4 Å². The molecule has 1 heterocycles. The standard InChI is InChI=1S/C21H20O4/c1-2-23-21(22)12-13-24-20(16-8-4-3-5-9-16)15-18-14-17-10-6-7-11-19(17)25-18/h3-14,20H,2,15H2,1H3/b13-12+/t20-/m1/s1. The second-order valence-corrected chi connectivity index (χ2v) is 5.54. The fraction of sp³-hybridized carbons (Fsp3) is 0.190. The lowest BCUT2D eigenvalue weighted by Gasteiger charge is -2.15. The third-order valence-electron chi connectivity index (χ3n) is 3.77. The van der Waals surface area contributed by atoms with Crippen LogP contribution in [-0.4, -0.2) is 12.6 Å². The summed E-state index contributed by atoms with van der Waals surface area (Å²) in [6.45, 7) is 2.10. The fourth-order valence-electron chi connectivity index (χ4n) is 2.61. The van der Waals surface area contributed by atoms with Gasteiger partial charge in [0, 0.05) is 11.8 Å². The van der Waals surface area contributed by atoms with Crippen molar-refractivity contribution in [1.82, 2.24) is 0 Å². The summed E-state index contributed by atoms with van der Waals surface area (Å²) in [6, 6.07) is 19.8. The van der Waals surface area contributed by atoms with Gasteiger partial charge in [0.1, 0.15) is 17.4 Å². The van der Waals surface area contributed by atoms with E-state index in [1.54, 1.807) is 6.92 Å². The molecule has 0 radical (unpaired) electrons. The second-order valence-electron chi connectivity index (χ2n) is 5.54. The molecule has 4 heteroatoms. The number of esters is 1. The largest absolute Gasteiger partial charge is 0.493 e. The summed E-state index contributed by atoms with van der Waals surface area (Å²) in [6.07, 6.45) is 2.98. The van der Waals surface area contributed by atoms with Crippen LogP contribution in [0.4, 0.5) is 0 Å². The predicted octanol–water partition coefficient (Wildman–Crippen LogP) is 4.81. The Kier molecular flexibility index (Phi) is 5.52. The first kappa shape index (κ1) is 16.8. The number of benzene rings is 2. The predicted molar refractivity (Wildman–Crippen MR) is 96.0 cm³/mol. The number of hydrogen-bond acceptors (Lipinski definition) is 4. The van der Waals surface area contributed by atoms with Crippen molar-refractivity contribution in [2.24, 2.45) is 0 Å². The highest BCUT2D eigenvalue weighted by atomic mass is 16.5. The lowest BCUT2D eigenvalue weighted by atomic mass is 10.1. The van der Waals surface area contributed by atoms with Crippen LogP contribution in [0.5, 0.6) is 0 Å². The van der Waals surface area contributed by atoms with Crippen LogP contribution >= 0.6 is 0 Å². The molecular weight excluding hydrogens is 316 g/mol. The number of para-hydroxylation sites is 1. The van der Waals surface area contributed by atoms with Crippen molar-refractivity contribution >= 4 is 16.9 Å². The molecule has 0 fully saturated rings. The van der Waals surface area contributed by atoms with Crippen molar-refractivity contribution in [2.45, 2.75) is 19.4 Å². The van der Waals surface area contributed by atoms with Gasteiger partial charge in [-0.15, -0.1) is 0 Å². The molecule has 0 aliphatic carbocycles. The van der Waals surface area contributed by atoms with Crippen molar-refractivity contribution in [3.8, 4) is 0 Å². The third kappa shape index (κ3) is 4.51. The van der Waals surface area contributed by atoms with Gasteiger partial charge in [0.25, 0.3) is 0 Å². The van der Waals surface area contributed by atoms with E-state index in [1.807, 2.05) is 60.7 Å². The number of furan rings is 1. The van der Waals surface area contributed by atoms with E-state index < -0.39 is 5.97 Å². The first-order valence-corrected chi connectivity index (χ1v) is 8.27. The number of fused-ring (bicyclic) bond motifs is 1. The van der Waals surface area contributed by atoms with E-state index in [0.717, 1.165) is 22.3 Å². The zero-order valence-corrected chi connectivity index (χ0v) is 14.1. The Labute approximate surface area is 146 Å². The van der Waals surface area contributed by atoms with Crippen LogP contribution in [0, 0.1) is 0 Å². The molecule has 2 aromatic carbocycles. The van der Waals surface area contributed by atoms with Crippen LogP contribution in [0.2, 0.25) is 0 Å². The molecule has 0 N–H and O–H groups in total. The van der Waals surface area contributed by atoms with Crippen LogP contribution in [0.15, 0.2) is 77.4 Å². The topological polar surface area (TPSA) is 48.7 Å². The summed E-state index contributed by atoms with van der Waals surface area (Å²) in [7, 11) is 0. The van der Waals surface area contributed by atoms with E-state index in [9.17, 15) is 4.79 Å². The van der Waals surface area contributed by atoms with Crippen molar-refractivity contribution in [2.75, 3.05) is 6.61 Å². The zero-order valence-electron chi connectivity index (χ0n) is 14.1. The lowest BCUT2D eigenvalue weighted by molar-refractivity contribution is -0.137. The normalized spacial score (nSPS) is 12.4. The summed E-state index contributed by atoms with van der Waals surface area (Å²) < 4.78 is 16.6. The van der Waals surface area contributed by atoms with Crippen molar-refractivity contribution in [1.29, 1.82) is 0 Å². The first-order chi connectivity index (χ1) is 12.3. The molecule has 1 aromatic heterocycles. The molecule has 25 heavy (non-hydrogen) atoms. The third-order valence-corrected chi connectivity index (χ3v) is 3.77. The van der Waals surface area contributed by atoms with Crippen LogP contribution in [0.25, 0.3) is 11.0 Å². The van der Waals surface area contributed by atoms with Gasteiger partial charge in [-0.2, -0.15) is 0 Å². The Morgan fingerprint density at radius 1 is 1.12 bits per heavy atom. The lowest BCUT2D eigenvalue weighted by Crippen LogP contribution is -2.05. The highest BCUT2D eigenvalue weighted by Gasteiger charge is 2.15. The van der Waals surface area contributed by atoms with E-state index in [2.05, 4.69) is 0 Å². The molecule has 3 rings (SSSR count). The van der Waals surface area contributed by atoms with E-state index in [1.165, 1.54) is 12.3 Å². The minimum absolute atomic E-state index is 0.257. The number of hydrogen-bond donors (Lipinski definition) is 0. The van der Waals surface area contributed by atoms with Gasteiger partial charge in [-0.25, -0.2) is 4.79 Å². The Bertz CT molecular complexity index is 815. The minimum atomic E-state index is -0.418. The van der Waals surface area contributed by atoms with Crippen LogP contribution in [-0.2, 0) is 20.7 Å². The maximum Gasteiger partial charge on any atom is 0.333 e. The number of carbonyl (C=O) groups excluding carboxylic acids is 1. The van der Waals surface area contributed by atoms with Gasteiger partial charge in [0.15, 0.2) is 0 Å². The zero-order chi connectivity index (χ0) is 17.5. The van der Waals surface area contributed by atoms with Crippen LogP contribution in [0.3, 0.4) is 0 Å². The first-order valence-electron chi connectivity index (χ1n) is 8.27. The molecule has 4 nitrogen and oxygen atoms in total. The van der Waals surface area contributed by atoms with Crippen LogP contribution < -0.4 is 0 Å². The maximum atomic E-state index is 11.4. The minimum Gasteiger partial charge on any atom is -0.493 e. The van der Waals surface area contributed by atoms with E-state index in [0.29, 0.717) is 13.0 Å². The van der Waals surface area contributed by atoms with Gasteiger partial charge in [-0.05, 0) is 24.6 Å². The van der Waals surface area contributed by atoms with Crippen molar-refractivity contribution < 1.29 is 18.7 Å². The average Bonchev–Trinajstić information content (AvgIpc) is 3.04. The molecule has 0 saturated carbocycles. The molecular formula is C21H20O4. The summed E-state index contributed by atoms with van der Waals surface area (Å²) in [5.41, 5.74) is 1.86. The Balaban J connectivity index is 1.77. The van der Waals surface area contributed by atoms with E-state index in [-0.39, 0.29) is 6.10 Å². The number of ether oxygens (including phenoxy) is 2. The molecule has 0 aliphatic rings. The van der Waals surface area contributed by atoms with Gasteiger partial charge in [0.2, 0.25) is 0 Å². The van der Waals surface area contributed by atoms with Gasteiger partial charge in [-0.3, -0.25) is 0 Å².